The average molecular weight is 226 g/mol. The van der Waals surface area contributed by atoms with Crippen LogP contribution in [0.25, 0.3) is 0 Å². The first kappa shape index (κ1) is 13.5. The monoisotopic (exact) mass is 226 g/mol. The van der Waals surface area contributed by atoms with Crippen LogP contribution in [0, 0.1) is 0 Å². The summed E-state index contributed by atoms with van der Waals surface area (Å²) in [5, 5.41) is 0. The van der Waals surface area contributed by atoms with Gasteiger partial charge in [0.15, 0.2) is 6.17 Å². The van der Waals surface area contributed by atoms with E-state index >= 15 is 0 Å². The summed E-state index contributed by atoms with van der Waals surface area (Å²) in [6.07, 6.45) is -13.2. The molecule has 0 fully saturated rings. The molecule has 0 N–H and O–H groups in total. The Kier molecular flexibility index (Phi) is 4.20. The highest BCUT2D eigenvalue weighted by Gasteiger charge is 2.63. The van der Waals surface area contributed by atoms with Crippen molar-refractivity contribution < 1.29 is 30.7 Å². The summed E-state index contributed by atoms with van der Waals surface area (Å²) >= 11 is 0. The number of rotatable bonds is 4. The van der Waals surface area contributed by atoms with Gasteiger partial charge in [-0.1, -0.05) is 6.92 Å². The molecule has 0 saturated carbocycles. The molecule has 0 radical (unpaired) electrons. The van der Waals surface area contributed by atoms with Crippen LogP contribution in [0.5, 0.6) is 0 Å². The van der Waals surface area contributed by atoms with E-state index in [0.717, 1.165) is 0 Å². The van der Waals surface area contributed by atoms with Gasteiger partial charge in [-0.2, -0.15) is 22.0 Å². The van der Waals surface area contributed by atoms with Crippen molar-refractivity contribution in [1.82, 2.24) is 0 Å². The van der Waals surface area contributed by atoms with Gasteiger partial charge in [-0.25, -0.2) is 8.78 Å². The van der Waals surface area contributed by atoms with Crippen molar-refractivity contribution in [2.24, 2.45) is 0 Å². The van der Waals surface area contributed by atoms with E-state index in [1.807, 2.05) is 0 Å². The SMILES string of the molecule is CCC(F)C[C@H](F)C(F)(F)C(F)(F)F. The minimum atomic E-state index is -5.97. The first-order valence-corrected chi connectivity index (χ1v) is 3.85. The minimum absolute atomic E-state index is 0.297. The van der Waals surface area contributed by atoms with Crippen LogP contribution in [-0.2, 0) is 0 Å². The van der Waals surface area contributed by atoms with Crippen molar-refractivity contribution in [3.8, 4) is 0 Å². The van der Waals surface area contributed by atoms with Crippen molar-refractivity contribution in [1.29, 1.82) is 0 Å². The fourth-order valence-corrected chi connectivity index (χ4v) is 0.717. The molecule has 2 atom stereocenters. The fourth-order valence-electron chi connectivity index (χ4n) is 0.717. The molecule has 0 heterocycles. The molecular formula is C7H9F7. The summed E-state index contributed by atoms with van der Waals surface area (Å²) in [5.41, 5.74) is 0. The Bertz CT molecular complexity index is 173. The number of halogens is 7. The largest absolute Gasteiger partial charge is 0.456 e. The fraction of sp³-hybridized carbons (Fsp3) is 1.00. The molecule has 7 heteroatoms. The van der Waals surface area contributed by atoms with Crippen LogP contribution in [0.1, 0.15) is 19.8 Å². The maximum Gasteiger partial charge on any atom is 0.456 e. The predicted octanol–water partition coefficient (Wildman–Crippen LogP) is 3.66. The molecule has 14 heavy (non-hydrogen) atoms. The van der Waals surface area contributed by atoms with Crippen LogP contribution in [0.2, 0.25) is 0 Å². The molecule has 86 valence electrons. The van der Waals surface area contributed by atoms with Crippen molar-refractivity contribution in [3.05, 3.63) is 0 Å². The van der Waals surface area contributed by atoms with Crippen molar-refractivity contribution in [3.63, 3.8) is 0 Å². The van der Waals surface area contributed by atoms with Crippen LogP contribution >= 0.6 is 0 Å². The molecule has 0 saturated heterocycles. The molecular weight excluding hydrogens is 217 g/mol. The van der Waals surface area contributed by atoms with E-state index in [2.05, 4.69) is 0 Å². The third-order valence-corrected chi connectivity index (χ3v) is 1.68. The Balaban J connectivity index is 4.43. The van der Waals surface area contributed by atoms with Crippen LogP contribution in [0.15, 0.2) is 0 Å². The maximum atomic E-state index is 12.4. The van der Waals surface area contributed by atoms with Gasteiger partial charge < -0.3 is 0 Å². The molecule has 0 spiro atoms. The molecule has 0 aromatic carbocycles. The van der Waals surface area contributed by atoms with Gasteiger partial charge in [-0.05, 0) is 6.42 Å². The average Bonchev–Trinajstić information content (AvgIpc) is 2.01. The van der Waals surface area contributed by atoms with E-state index in [4.69, 9.17) is 0 Å². The Labute approximate surface area is 76.1 Å². The lowest BCUT2D eigenvalue weighted by atomic mass is 10.1. The predicted molar refractivity (Wildman–Crippen MR) is 35.7 cm³/mol. The molecule has 0 aromatic rings. The van der Waals surface area contributed by atoms with Crippen LogP contribution in [0.3, 0.4) is 0 Å². The van der Waals surface area contributed by atoms with E-state index < -0.39 is 30.9 Å². The van der Waals surface area contributed by atoms with Crippen LogP contribution < -0.4 is 0 Å². The summed E-state index contributed by atoms with van der Waals surface area (Å²) in [7, 11) is 0. The smallest absolute Gasteiger partial charge is 0.247 e. The normalized spacial score (nSPS) is 18.0. The molecule has 1 unspecified atom stereocenters. The summed E-state index contributed by atoms with van der Waals surface area (Å²) in [6, 6.07) is 0. The highest BCUT2D eigenvalue weighted by atomic mass is 19.4. The van der Waals surface area contributed by atoms with Gasteiger partial charge in [0, 0.05) is 6.42 Å². The third-order valence-electron chi connectivity index (χ3n) is 1.68. The lowest BCUT2D eigenvalue weighted by Gasteiger charge is -2.23. The highest BCUT2D eigenvalue weighted by molar-refractivity contribution is 4.85. The van der Waals surface area contributed by atoms with E-state index in [1.165, 1.54) is 6.92 Å². The molecule has 0 bridgehead atoms. The molecule has 0 aliphatic heterocycles. The lowest BCUT2D eigenvalue weighted by Crippen LogP contribution is -2.45. The minimum Gasteiger partial charge on any atom is -0.247 e. The molecule has 0 amide bonds. The van der Waals surface area contributed by atoms with E-state index in [0.29, 0.717) is 0 Å². The number of alkyl halides is 7. The van der Waals surface area contributed by atoms with Gasteiger partial charge in [0.05, 0.1) is 0 Å². The zero-order valence-corrected chi connectivity index (χ0v) is 7.21. The van der Waals surface area contributed by atoms with Crippen LogP contribution in [-0.4, -0.2) is 24.4 Å². The second kappa shape index (κ2) is 4.35. The van der Waals surface area contributed by atoms with Gasteiger partial charge in [-0.15, -0.1) is 0 Å². The summed E-state index contributed by atoms with van der Waals surface area (Å²) in [4.78, 5) is 0. The van der Waals surface area contributed by atoms with Gasteiger partial charge in [0.2, 0.25) is 0 Å². The first-order chi connectivity index (χ1) is 6.13. The van der Waals surface area contributed by atoms with Gasteiger partial charge in [0.25, 0.3) is 0 Å². The van der Waals surface area contributed by atoms with E-state index in [-0.39, 0.29) is 6.42 Å². The van der Waals surface area contributed by atoms with E-state index in [9.17, 15) is 30.7 Å². The zero-order valence-electron chi connectivity index (χ0n) is 7.21. The highest BCUT2D eigenvalue weighted by Crippen LogP contribution is 2.41. The van der Waals surface area contributed by atoms with Crippen molar-refractivity contribution >= 4 is 0 Å². The molecule has 0 nitrogen and oxygen atoms in total. The molecule has 0 aromatic heterocycles. The van der Waals surface area contributed by atoms with Crippen molar-refractivity contribution in [2.45, 2.75) is 44.2 Å². The Hall–Kier alpha value is -0.490. The maximum absolute atomic E-state index is 12.4. The second-order valence-electron chi connectivity index (χ2n) is 2.83. The number of hydrogen-bond acceptors (Lipinski definition) is 0. The molecule has 0 aliphatic rings. The zero-order chi connectivity index (χ0) is 11.6. The Morgan fingerprint density at radius 2 is 1.43 bits per heavy atom. The second-order valence-corrected chi connectivity index (χ2v) is 2.83. The summed E-state index contributed by atoms with van der Waals surface area (Å²) in [6.45, 7) is 1.23. The van der Waals surface area contributed by atoms with E-state index in [1.54, 1.807) is 0 Å². The first-order valence-electron chi connectivity index (χ1n) is 3.85. The quantitative estimate of drug-likeness (QED) is 0.641. The summed E-state index contributed by atoms with van der Waals surface area (Å²) < 4.78 is 83.6. The summed E-state index contributed by atoms with van der Waals surface area (Å²) in [5.74, 6) is -5.48. The van der Waals surface area contributed by atoms with Gasteiger partial charge in [0.1, 0.15) is 6.17 Å². The lowest BCUT2D eigenvalue weighted by molar-refractivity contribution is -0.304. The standard InChI is InChI=1S/C7H9F7/c1-2-4(8)3-5(9)6(10,11)7(12,13)14/h4-5H,2-3H2,1H3/t4?,5-/m0/s1. The van der Waals surface area contributed by atoms with Crippen LogP contribution in [0.4, 0.5) is 30.7 Å². The Morgan fingerprint density at radius 3 is 1.71 bits per heavy atom. The number of hydrogen-bond donors (Lipinski definition) is 0. The third kappa shape index (κ3) is 3.02. The topological polar surface area (TPSA) is 0 Å². The van der Waals surface area contributed by atoms with Gasteiger partial charge in [-0.3, -0.25) is 0 Å². The van der Waals surface area contributed by atoms with Crippen molar-refractivity contribution in [2.75, 3.05) is 0 Å². The van der Waals surface area contributed by atoms with Gasteiger partial charge >= 0.3 is 12.1 Å². The molecule has 0 rings (SSSR count). The molecule has 0 aliphatic carbocycles. The Morgan fingerprint density at radius 1 is 1.00 bits per heavy atom.